The van der Waals surface area contributed by atoms with Crippen LogP contribution in [0.5, 0.6) is 0 Å². The summed E-state index contributed by atoms with van der Waals surface area (Å²) in [5, 5.41) is 6.13. The lowest BCUT2D eigenvalue weighted by atomic mass is 10.1. The van der Waals surface area contributed by atoms with Gasteiger partial charge < -0.3 is 21.3 Å². The number of nitrogens with one attached hydrogen (secondary N) is 2. The Kier molecular flexibility index (Phi) is 6.48. The molecule has 0 aliphatic heterocycles. The molecule has 1 aromatic rings. The maximum Gasteiger partial charge on any atom is 0.316 e. The van der Waals surface area contributed by atoms with E-state index in [1.54, 1.807) is 0 Å². The molecule has 0 aliphatic carbocycles. The lowest BCUT2D eigenvalue weighted by Crippen LogP contribution is -2.31. The monoisotopic (exact) mass is 278 g/mol. The Morgan fingerprint density at radius 2 is 1.85 bits per heavy atom. The number of hydrogen-bond donors (Lipinski definition) is 3. The van der Waals surface area contributed by atoms with Crippen molar-refractivity contribution < 1.29 is 4.79 Å². The average molecular weight is 278 g/mol. The number of nitrogens with zero attached hydrogens (tertiary/aromatic N) is 1. The van der Waals surface area contributed by atoms with E-state index in [0.717, 1.165) is 13.0 Å². The highest BCUT2D eigenvalue weighted by atomic mass is 16.2. The van der Waals surface area contributed by atoms with Crippen molar-refractivity contribution in [3.63, 3.8) is 0 Å². The van der Waals surface area contributed by atoms with Gasteiger partial charge in [-0.05, 0) is 58.6 Å². The molecule has 0 aliphatic rings. The second-order valence-corrected chi connectivity index (χ2v) is 5.49. The maximum atomic E-state index is 10.8. The van der Waals surface area contributed by atoms with E-state index < -0.39 is 6.03 Å². The molecule has 112 valence electrons. The summed E-state index contributed by atoms with van der Waals surface area (Å²) in [7, 11) is 4.17. The standard InChI is InChI=1S/C15H26N4O/c1-11(9-10-19(3)4)17-12(2)13-5-7-14(8-6-13)18-15(16)20/h5-8,11-12,17H,9-10H2,1-4H3,(H3,16,18,20). The van der Waals surface area contributed by atoms with Gasteiger partial charge in [-0.25, -0.2) is 4.79 Å². The number of carbonyl (C=O) groups excluding carboxylic acids is 1. The molecule has 0 bridgehead atoms. The molecule has 5 nitrogen and oxygen atoms in total. The average Bonchev–Trinajstić information content (AvgIpc) is 2.36. The summed E-state index contributed by atoms with van der Waals surface area (Å²) < 4.78 is 0. The van der Waals surface area contributed by atoms with Crippen molar-refractivity contribution in [1.29, 1.82) is 0 Å². The normalized spacial score (nSPS) is 14.1. The number of nitrogens with two attached hydrogens (primary N) is 1. The van der Waals surface area contributed by atoms with E-state index in [-0.39, 0.29) is 6.04 Å². The molecule has 0 fully saturated rings. The van der Waals surface area contributed by atoms with Gasteiger partial charge in [0.15, 0.2) is 0 Å². The minimum atomic E-state index is -0.541. The second kappa shape index (κ2) is 7.87. The molecule has 0 saturated heterocycles. The molecule has 20 heavy (non-hydrogen) atoms. The summed E-state index contributed by atoms with van der Waals surface area (Å²) in [6, 6.07) is 7.92. The van der Waals surface area contributed by atoms with Gasteiger partial charge in [0.25, 0.3) is 0 Å². The molecule has 0 heterocycles. The highest BCUT2D eigenvalue weighted by Crippen LogP contribution is 2.16. The molecule has 5 heteroatoms. The summed E-state index contributed by atoms with van der Waals surface area (Å²) >= 11 is 0. The van der Waals surface area contributed by atoms with Crippen LogP contribution in [0.3, 0.4) is 0 Å². The molecule has 1 rings (SSSR count). The van der Waals surface area contributed by atoms with Gasteiger partial charge in [-0.15, -0.1) is 0 Å². The molecule has 1 aromatic carbocycles. The number of urea groups is 1. The number of amides is 2. The van der Waals surface area contributed by atoms with Crippen molar-refractivity contribution >= 4 is 11.7 Å². The van der Waals surface area contributed by atoms with E-state index >= 15 is 0 Å². The maximum absolute atomic E-state index is 10.8. The fourth-order valence-electron chi connectivity index (χ4n) is 2.06. The zero-order valence-electron chi connectivity index (χ0n) is 12.8. The molecular weight excluding hydrogens is 252 g/mol. The van der Waals surface area contributed by atoms with E-state index in [4.69, 9.17) is 5.73 Å². The summed E-state index contributed by atoms with van der Waals surface area (Å²) in [5.74, 6) is 0. The highest BCUT2D eigenvalue weighted by molar-refractivity contribution is 5.87. The third-order valence-electron chi connectivity index (χ3n) is 3.22. The van der Waals surface area contributed by atoms with Gasteiger partial charge in [-0.1, -0.05) is 12.1 Å². The third kappa shape index (κ3) is 6.04. The Hall–Kier alpha value is -1.59. The minimum absolute atomic E-state index is 0.273. The van der Waals surface area contributed by atoms with Crippen molar-refractivity contribution in [3.8, 4) is 0 Å². The van der Waals surface area contributed by atoms with Crippen LogP contribution in [0.1, 0.15) is 31.9 Å². The Morgan fingerprint density at radius 1 is 1.25 bits per heavy atom. The van der Waals surface area contributed by atoms with Crippen LogP contribution in [0.25, 0.3) is 0 Å². The van der Waals surface area contributed by atoms with Crippen LogP contribution in [-0.2, 0) is 0 Å². The van der Waals surface area contributed by atoms with Gasteiger partial charge >= 0.3 is 6.03 Å². The van der Waals surface area contributed by atoms with Crippen LogP contribution >= 0.6 is 0 Å². The molecule has 0 radical (unpaired) electrons. The molecule has 0 spiro atoms. The first-order chi connectivity index (χ1) is 9.38. The van der Waals surface area contributed by atoms with Crippen LogP contribution in [0.4, 0.5) is 10.5 Å². The quantitative estimate of drug-likeness (QED) is 0.716. The Morgan fingerprint density at radius 3 is 2.35 bits per heavy atom. The topological polar surface area (TPSA) is 70.4 Å². The first-order valence-corrected chi connectivity index (χ1v) is 6.95. The van der Waals surface area contributed by atoms with Crippen LogP contribution in [0, 0.1) is 0 Å². The zero-order valence-corrected chi connectivity index (χ0v) is 12.8. The van der Waals surface area contributed by atoms with E-state index in [0.29, 0.717) is 11.7 Å². The smallest absolute Gasteiger partial charge is 0.316 e. The predicted octanol–water partition coefficient (Wildman–Crippen LogP) is 2.17. The molecule has 0 aromatic heterocycles. The Balaban J connectivity index is 2.50. The molecule has 2 unspecified atom stereocenters. The van der Waals surface area contributed by atoms with E-state index in [9.17, 15) is 4.79 Å². The van der Waals surface area contributed by atoms with Gasteiger partial charge in [-0.3, -0.25) is 0 Å². The fraction of sp³-hybridized carbons (Fsp3) is 0.533. The van der Waals surface area contributed by atoms with Crippen molar-refractivity contribution in [2.75, 3.05) is 26.0 Å². The van der Waals surface area contributed by atoms with Gasteiger partial charge in [0, 0.05) is 17.8 Å². The molecule has 2 atom stereocenters. The van der Waals surface area contributed by atoms with Crippen LogP contribution < -0.4 is 16.4 Å². The summed E-state index contributed by atoms with van der Waals surface area (Å²) in [4.78, 5) is 12.9. The zero-order chi connectivity index (χ0) is 15.1. The number of hydrogen-bond acceptors (Lipinski definition) is 3. The number of rotatable bonds is 7. The van der Waals surface area contributed by atoms with Crippen molar-refractivity contribution in [2.45, 2.75) is 32.4 Å². The van der Waals surface area contributed by atoms with Gasteiger partial charge in [0.1, 0.15) is 0 Å². The van der Waals surface area contributed by atoms with Gasteiger partial charge in [0.2, 0.25) is 0 Å². The Bertz CT molecular complexity index is 416. The molecule has 4 N–H and O–H groups in total. The van der Waals surface area contributed by atoms with Crippen LogP contribution in [0.15, 0.2) is 24.3 Å². The third-order valence-corrected chi connectivity index (χ3v) is 3.22. The van der Waals surface area contributed by atoms with Crippen molar-refractivity contribution in [2.24, 2.45) is 5.73 Å². The summed E-state index contributed by atoms with van der Waals surface area (Å²) in [6.07, 6.45) is 1.11. The Labute approximate surface area is 121 Å². The lowest BCUT2D eigenvalue weighted by molar-refractivity contribution is 0.259. The van der Waals surface area contributed by atoms with E-state index in [1.807, 2.05) is 24.3 Å². The number of anilines is 1. The van der Waals surface area contributed by atoms with Crippen molar-refractivity contribution in [3.05, 3.63) is 29.8 Å². The van der Waals surface area contributed by atoms with Gasteiger partial charge in [-0.2, -0.15) is 0 Å². The van der Waals surface area contributed by atoms with Crippen LogP contribution in [0.2, 0.25) is 0 Å². The van der Waals surface area contributed by atoms with Crippen LogP contribution in [-0.4, -0.2) is 37.6 Å². The van der Waals surface area contributed by atoms with Crippen molar-refractivity contribution in [1.82, 2.24) is 10.2 Å². The van der Waals surface area contributed by atoms with E-state index in [1.165, 1.54) is 5.56 Å². The minimum Gasteiger partial charge on any atom is -0.351 e. The van der Waals surface area contributed by atoms with Gasteiger partial charge in [0.05, 0.1) is 0 Å². The van der Waals surface area contributed by atoms with E-state index in [2.05, 4.69) is 43.5 Å². The molecule has 2 amide bonds. The summed E-state index contributed by atoms with van der Waals surface area (Å²) in [5.41, 5.74) is 6.99. The predicted molar refractivity (Wildman–Crippen MR) is 83.8 cm³/mol. The number of primary amides is 1. The lowest BCUT2D eigenvalue weighted by Gasteiger charge is -2.22. The largest absolute Gasteiger partial charge is 0.351 e. The molecular formula is C15H26N4O. The SMILES string of the molecule is CC(CCN(C)C)NC(C)c1ccc(NC(N)=O)cc1. The first kappa shape index (κ1) is 16.5. The number of benzene rings is 1. The number of carbonyl (C=O) groups is 1. The second-order valence-electron chi connectivity index (χ2n) is 5.49. The fourth-order valence-corrected chi connectivity index (χ4v) is 2.06. The first-order valence-electron chi connectivity index (χ1n) is 6.95. The molecule has 0 saturated carbocycles. The summed E-state index contributed by atoms with van der Waals surface area (Å²) in [6.45, 7) is 5.41. The highest BCUT2D eigenvalue weighted by Gasteiger charge is 2.09.